The zero-order valence-corrected chi connectivity index (χ0v) is 13.1. The van der Waals surface area contributed by atoms with E-state index in [-0.39, 0.29) is 24.4 Å². The molecule has 1 N–H and O–H groups in total. The maximum atomic E-state index is 12.1. The van der Waals surface area contributed by atoms with Crippen LogP contribution in [0.5, 0.6) is 5.75 Å². The molecule has 0 saturated carbocycles. The van der Waals surface area contributed by atoms with E-state index in [1.165, 1.54) is 0 Å². The molecule has 0 spiro atoms. The van der Waals surface area contributed by atoms with E-state index in [0.29, 0.717) is 13.0 Å². The fourth-order valence-electron chi connectivity index (χ4n) is 2.34. The largest absolute Gasteiger partial charge is 0.497 e. The van der Waals surface area contributed by atoms with Crippen molar-refractivity contribution < 1.29 is 14.3 Å². The molecule has 1 aromatic carbocycles. The number of benzene rings is 1. The van der Waals surface area contributed by atoms with Gasteiger partial charge in [-0.05, 0) is 36.1 Å². The molecule has 0 unspecified atom stereocenters. The number of methoxy groups -OCH3 is 1. The van der Waals surface area contributed by atoms with Crippen LogP contribution in [0.15, 0.2) is 24.3 Å². The van der Waals surface area contributed by atoms with Crippen LogP contribution < -0.4 is 10.1 Å². The highest BCUT2D eigenvalue weighted by molar-refractivity contribution is 7.98. The van der Waals surface area contributed by atoms with Crippen molar-refractivity contribution >= 4 is 23.6 Å². The molecule has 1 aliphatic rings. The van der Waals surface area contributed by atoms with Crippen LogP contribution in [-0.4, -0.2) is 48.4 Å². The van der Waals surface area contributed by atoms with Crippen molar-refractivity contribution in [3.05, 3.63) is 29.8 Å². The maximum absolute atomic E-state index is 12.1. The Morgan fingerprint density at radius 2 is 2.05 bits per heavy atom. The highest BCUT2D eigenvalue weighted by Crippen LogP contribution is 2.18. The Hall–Kier alpha value is -1.69. The molecule has 2 rings (SSSR count). The molecular weight excluding hydrogens is 288 g/mol. The second kappa shape index (κ2) is 7.36. The van der Waals surface area contributed by atoms with E-state index < -0.39 is 0 Å². The molecule has 1 atom stereocenters. The molecule has 0 aliphatic carbocycles. The number of piperazine rings is 1. The molecule has 2 amide bonds. The fourth-order valence-corrected chi connectivity index (χ4v) is 2.80. The molecule has 1 aromatic rings. The van der Waals surface area contributed by atoms with Crippen molar-refractivity contribution in [3.8, 4) is 5.75 Å². The molecule has 5 nitrogen and oxygen atoms in total. The van der Waals surface area contributed by atoms with Crippen LogP contribution in [0, 0.1) is 0 Å². The fraction of sp³-hybridized carbons (Fsp3) is 0.467. The number of rotatable bonds is 6. The third-order valence-electron chi connectivity index (χ3n) is 3.52. The van der Waals surface area contributed by atoms with Gasteiger partial charge in [0.25, 0.3) is 0 Å². The summed E-state index contributed by atoms with van der Waals surface area (Å²) in [6.07, 6.45) is 2.67. The highest BCUT2D eigenvalue weighted by atomic mass is 32.2. The van der Waals surface area contributed by atoms with Crippen LogP contribution in [-0.2, 0) is 16.1 Å². The van der Waals surface area contributed by atoms with Crippen LogP contribution in [0.1, 0.15) is 12.0 Å². The molecular formula is C15H20N2O3S. The van der Waals surface area contributed by atoms with E-state index in [1.807, 2.05) is 30.5 Å². The smallest absolute Gasteiger partial charge is 0.243 e. The second-order valence-electron chi connectivity index (χ2n) is 4.88. The normalized spacial score (nSPS) is 18.6. The third kappa shape index (κ3) is 3.91. The Morgan fingerprint density at radius 3 is 2.67 bits per heavy atom. The summed E-state index contributed by atoms with van der Waals surface area (Å²) in [5.74, 6) is 1.54. The van der Waals surface area contributed by atoms with Gasteiger partial charge in [0.05, 0.1) is 13.7 Å². The molecule has 1 saturated heterocycles. The van der Waals surface area contributed by atoms with E-state index in [9.17, 15) is 9.59 Å². The van der Waals surface area contributed by atoms with Crippen LogP contribution >= 0.6 is 11.8 Å². The van der Waals surface area contributed by atoms with Crippen molar-refractivity contribution in [2.75, 3.05) is 25.7 Å². The average Bonchev–Trinajstić information content (AvgIpc) is 2.51. The Kier molecular flexibility index (Phi) is 5.50. The van der Waals surface area contributed by atoms with Crippen LogP contribution in [0.3, 0.4) is 0 Å². The van der Waals surface area contributed by atoms with Crippen molar-refractivity contribution in [1.82, 2.24) is 10.2 Å². The molecule has 1 fully saturated rings. The van der Waals surface area contributed by atoms with Gasteiger partial charge in [0, 0.05) is 6.54 Å². The Morgan fingerprint density at radius 1 is 1.33 bits per heavy atom. The summed E-state index contributed by atoms with van der Waals surface area (Å²) in [4.78, 5) is 25.8. The number of thioether (sulfide) groups is 1. The molecule has 114 valence electrons. The molecule has 0 aromatic heterocycles. The Labute approximate surface area is 129 Å². The lowest BCUT2D eigenvalue weighted by atomic mass is 10.1. The number of nitrogens with one attached hydrogen (secondary N) is 1. The molecule has 21 heavy (non-hydrogen) atoms. The SMILES string of the molecule is COc1ccc(CN2C(=O)CNC(=O)[C@@H]2CCSC)cc1. The molecule has 1 aliphatic heterocycles. The van der Waals surface area contributed by atoms with Gasteiger partial charge in [-0.3, -0.25) is 9.59 Å². The minimum Gasteiger partial charge on any atom is -0.497 e. The van der Waals surface area contributed by atoms with E-state index in [0.717, 1.165) is 17.1 Å². The summed E-state index contributed by atoms with van der Waals surface area (Å²) in [6.45, 7) is 0.542. The first-order valence-corrected chi connectivity index (χ1v) is 8.24. The van der Waals surface area contributed by atoms with Crippen molar-refractivity contribution in [1.29, 1.82) is 0 Å². The van der Waals surface area contributed by atoms with Gasteiger partial charge in [-0.2, -0.15) is 11.8 Å². The monoisotopic (exact) mass is 308 g/mol. The maximum Gasteiger partial charge on any atom is 0.243 e. The summed E-state index contributed by atoms with van der Waals surface area (Å²) < 4.78 is 5.12. The number of amides is 2. The van der Waals surface area contributed by atoms with E-state index in [1.54, 1.807) is 23.8 Å². The summed E-state index contributed by atoms with van der Waals surface area (Å²) in [6, 6.07) is 7.19. The molecule has 6 heteroatoms. The van der Waals surface area contributed by atoms with Gasteiger partial charge in [-0.1, -0.05) is 12.1 Å². The first kappa shape index (κ1) is 15.7. The predicted molar refractivity (Wildman–Crippen MR) is 83.3 cm³/mol. The van der Waals surface area contributed by atoms with Gasteiger partial charge in [-0.15, -0.1) is 0 Å². The Balaban J connectivity index is 2.11. The number of nitrogens with zero attached hydrogens (tertiary/aromatic N) is 1. The van der Waals surface area contributed by atoms with Crippen LogP contribution in [0.4, 0.5) is 0 Å². The number of hydrogen-bond donors (Lipinski definition) is 1. The molecule has 1 heterocycles. The average molecular weight is 308 g/mol. The quantitative estimate of drug-likeness (QED) is 0.860. The van der Waals surface area contributed by atoms with Crippen LogP contribution in [0.2, 0.25) is 0 Å². The lowest BCUT2D eigenvalue weighted by Crippen LogP contribution is -2.58. The minimum atomic E-state index is -0.374. The molecule has 0 radical (unpaired) electrons. The van der Waals surface area contributed by atoms with Crippen molar-refractivity contribution in [3.63, 3.8) is 0 Å². The van der Waals surface area contributed by atoms with Crippen LogP contribution in [0.25, 0.3) is 0 Å². The molecule has 0 bridgehead atoms. The summed E-state index contributed by atoms with van der Waals surface area (Å²) in [5, 5.41) is 2.67. The number of carbonyl (C=O) groups is 2. The lowest BCUT2D eigenvalue weighted by Gasteiger charge is -2.35. The van der Waals surface area contributed by atoms with Gasteiger partial charge in [-0.25, -0.2) is 0 Å². The minimum absolute atomic E-state index is 0.0310. The third-order valence-corrected chi connectivity index (χ3v) is 4.16. The van der Waals surface area contributed by atoms with Gasteiger partial charge >= 0.3 is 0 Å². The van der Waals surface area contributed by atoms with Crippen molar-refractivity contribution in [2.45, 2.75) is 19.0 Å². The number of ether oxygens (including phenoxy) is 1. The first-order chi connectivity index (χ1) is 10.2. The van der Waals surface area contributed by atoms with E-state index in [2.05, 4.69) is 5.32 Å². The Bertz CT molecular complexity index is 504. The van der Waals surface area contributed by atoms with Gasteiger partial charge in [0.15, 0.2) is 0 Å². The number of hydrogen-bond acceptors (Lipinski definition) is 4. The second-order valence-corrected chi connectivity index (χ2v) is 5.87. The first-order valence-electron chi connectivity index (χ1n) is 6.84. The van der Waals surface area contributed by atoms with E-state index in [4.69, 9.17) is 4.74 Å². The standard InChI is InChI=1S/C15H20N2O3S/c1-20-12-5-3-11(4-6-12)10-17-13(7-8-21-2)15(19)16-9-14(17)18/h3-6,13H,7-10H2,1-2H3,(H,16,19)/t13-/m0/s1. The highest BCUT2D eigenvalue weighted by Gasteiger charge is 2.33. The zero-order valence-electron chi connectivity index (χ0n) is 12.3. The summed E-state index contributed by atoms with van der Waals surface area (Å²) >= 11 is 1.68. The summed E-state index contributed by atoms with van der Waals surface area (Å²) in [7, 11) is 1.62. The van der Waals surface area contributed by atoms with E-state index >= 15 is 0 Å². The predicted octanol–water partition coefficient (Wildman–Crippen LogP) is 1.28. The number of carbonyl (C=O) groups excluding carboxylic acids is 2. The lowest BCUT2D eigenvalue weighted by molar-refractivity contribution is -0.146. The van der Waals surface area contributed by atoms with Crippen molar-refractivity contribution in [2.24, 2.45) is 0 Å². The topological polar surface area (TPSA) is 58.6 Å². The van der Waals surface area contributed by atoms with Gasteiger partial charge in [0.1, 0.15) is 11.8 Å². The van der Waals surface area contributed by atoms with Gasteiger partial charge in [0.2, 0.25) is 11.8 Å². The summed E-state index contributed by atoms with van der Waals surface area (Å²) in [5.41, 5.74) is 0.994. The van der Waals surface area contributed by atoms with Gasteiger partial charge < -0.3 is 15.0 Å². The zero-order chi connectivity index (χ0) is 15.2.